The molecule has 0 fully saturated rings. The van der Waals surface area contributed by atoms with Gasteiger partial charge in [-0.05, 0) is 0 Å². The topological polar surface area (TPSA) is 4.93 Å². The number of halogens is 2. The monoisotopic (exact) mass is 379 g/mol. The molecule has 4 rings (SSSR count). The van der Waals surface area contributed by atoms with Gasteiger partial charge in [-0.25, -0.2) is 0 Å². The predicted octanol–water partition coefficient (Wildman–Crippen LogP) is 5.38. The molecule has 0 spiro atoms. The van der Waals surface area contributed by atoms with Gasteiger partial charge in [0.15, 0.2) is 0 Å². The molecule has 0 aliphatic heterocycles. The molecular formula is C19H19Cl2NTi. The van der Waals surface area contributed by atoms with Gasteiger partial charge in [0.05, 0.1) is 0 Å². The van der Waals surface area contributed by atoms with Crippen molar-refractivity contribution in [2.45, 2.75) is 17.2 Å². The standard InChI is InChI=1S/C13H10N.C6H7.2ClH.Ti/c1-2-6-12-11(5-1)7-8-13(12)14-9-3-4-10-14;1-6-4-2-3-5-6;;;/h1-10H;2,4H,3H2,1H3;2*1H;. The Hall–Kier alpha value is -0.986. The summed E-state index contributed by atoms with van der Waals surface area (Å²) in [5, 5.41) is 0. The maximum absolute atomic E-state index is 2.43. The number of nitrogens with zero attached hydrogens (tertiary/aromatic N) is 1. The van der Waals surface area contributed by atoms with E-state index in [0.717, 1.165) is 6.42 Å². The van der Waals surface area contributed by atoms with Gasteiger partial charge in [0, 0.05) is 0 Å². The average Bonchev–Trinajstić information content (AvgIpc) is 3.22. The summed E-state index contributed by atoms with van der Waals surface area (Å²) < 4.78 is 4.14. The minimum atomic E-state index is -0.322. The molecule has 1 heterocycles. The molecule has 2 aliphatic rings. The number of fused-ring (bicyclic) bond motifs is 1. The number of hydrogen-bond donors (Lipinski definition) is 0. The van der Waals surface area contributed by atoms with E-state index >= 15 is 0 Å². The van der Waals surface area contributed by atoms with Gasteiger partial charge >= 0.3 is 135 Å². The summed E-state index contributed by atoms with van der Waals surface area (Å²) in [7, 11) is 0. The van der Waals surface area contributed by atoms with E-state index in [1.165, 1.54) is 16.7 Å². The first-order valence-corrected chi connectivity index (χ1v) is 8.92. The van der Waals surface area contributed by atoms with E-state index in [4.69, 9.17) is 0 Å². The summed E-state index contributed by atoms with van der Waals surface area (Å²) >= 11 is -0.322. The van der Waals surface area contributed by atoms with E-state index in [1.54, 1.807) is 3.88 Å². The molecule has 0 N–H and O–H groups in total. The van der Waals surface area contributed by atoms with Crippen LogP contribution in [0.15, 0.2) is 76.5 Å². The van der Waals surface area contributed by atoms with E-state index in [9.17, 15) is 0 Å². The van der Waals surface area contributed by atoms with E-state index in [1.807, 2.05) is 0 Å². The van der Waals surface area contributed by atoms with Gasteiger partial charge in [0.1, 0.15) is 0 Å². The maximum atomic E-state index is 2.43. The van der Waals surface area contributed by atoms with Crippen molar-refractivity contribution in [3.63, 3.8) is 0 Å². The summed E-state index contributed by atoms with van der Waals surface area (Å²) in [6, 6.07) is 13.1. The zero-order valence-electron chi connectivity index (χ0n) is 12.9. The molecule has 0 saturated carbocycles. The molecule has 118 valence electrons. The largest absolute Gasteiger partial charge is 0.147 e. The fourth-order valence-corrected chi connectivity index (χ4v) is 6.01. The van der Waals surface area contributed by atoms with Crippen LogP contribution in [0.25, 0.3) is 6.08 Å². The van der Waals surface area contributed by atoms with Crippen molar-refractivity contribution >= 4 is 30.9 Å². The third-order valence-corrected chi connectivity index (χ3v) is 7.48. The summed E-state index contributed by atoms with van der Waals surface area (Å²) in [5.74, 6) is 0. The summed E-state index contributed by atoms with van der Waals surface area (Å²) in [5.41, 5.74) is 4.33. The Balaban J connectivity index is 0.000000960. The molecular weight excluding hydrogens is 361 g/mol. The number of hydrogen-bond acceptors (Lipinski definition) is 0. The molecule has 1 nitrogen and oxygen atoms in total. The van der Waals surface area contributed by atoms with Crippen molar-refractivity contribution in [1.29, 1.82) is 0 Å². The van der Waals surface area contributed by atoms with E-state index < -0.39 is 0 Å². The van der Waals surface area contributed by atoms with Crippen molar-refractivity contribution in [3.8, 4) is 0 Å². The van der Waals surface area contributed by atoms with E-state index in [0.29, 0.717) is 0 Å². The number of rotatable bonds is 3. The molecule has 1 aromatic heterocycles. The Bertz CT molecular complexity index is 774. The first-order chi connectivity index (χ1) is 10.3. The van der Waals surface area contributed by atoms with Crippen LogP contribution < -0.4 is 0 Å². The molecule has 1 aromatic carbocycles. The third kappa shape index (κ3) is 3.04. The van der Waals surface area contributed by atoms with Crippen molar-refractivity contribution in [2.75, 3.05) is 0 Å². The minimum absolute atomic E-state index is 0. The quantitative estimate of drug-likeness (QED) is 0.631. The van der Waals surface area contributed by atoms with Crippen molar-refractivity contribution in [3.05, 3.63) is 87.6 Å². The summed E-state index contributed by atoms with van der Waals surface area (Å²) in [4.78, 5) is 0. The van der Waals surface area contributed by atoms with Crippen LogP contribution in [-0.2, 0) is 23.0 Å². The van der Waals surface area contributed by atoms with Crippen LogP contribution in [0, 0.1) is 0 Å². The van der Waals surface area contributed by atoms with Crippen LogP contribution in [0.3, 0.4) is 0 Å². The Labute approximate surface area is 158 Å². The number of benzene rings is 1. The average molecular weight is 380 g/mol. The Morgan fingerprint density at radius 1 is 1.00 bits per heavy atom. The molecule has 0 bridgehead atoms. The SMILES string of the molecule is CC1=[C]([Ti][C]2(n3cccc3)C=Cc3ccccc32)CC=C1.Cl.Cl. The van der Waals surface area contributed by atoms with Crippen LogP contribution >= 0.6 is 24.8 Å². The molecule has 23 heavy (non-hydrogen) atoms. The Morgan fingerprint density at radius 2 is 1.74 bits per heavy atom. The molecule has 4 heteroatoms. The fraction of sp³-hybridized carbons (Fsp3) is 0.158. The molecule has 2 aromatic rings. The second-order valence-corrected chi connectivity index (χ2v) is 8.19. The van der Waals surface area contributed by atoms with Crippen LogP contribution in [0.2, 0.25) is 0 Å². The van der Waals surface area contributed by atoms with Gasteiger partial charge in [-0.15, -0.1) is 24.8 Å². The van der Waals surface area contributed by atoms with Gasteiger partial charge < -0.3 is 0 Å². The van der Waals surface area contributed by atoms with Crippen molar-refractivity contribution < 1.29 is 19.2 Å². The smallest absolute Gasteiger partial charge is 0.147 e. The summed E-state index contributed by atoms with van der Waals surface area (Å²) in [6.07, 6.45) is 14.9. The number of allylic oxidation sites excluding steroid dienone is 5. The zero-order chi connectivity index (χ0) is 14.3. The Kier molecular flexibility index (Phi) is 5.81. The van der Waals surface area contributed by atoms with E-state index in [2.05, 4.69) is 84.6 Å². The van der Waals surface area contributed by atoms with Crippen molar-refractivity contribution in [1.82, 2.24) is 4.57 Å². The summed E-state index contributed by atoms with van der Waals surface area (Å²) in [6.45, 7) is 2.26. The van der Waals surface area contributed by atoms with Crippen LogP contribution in [0.4, 0.5) is 0 Å². The van der Waals surface area contributed by atoms with Crippen LogP contribution in [-0.4, -0.2) is 4.57 Å². The van der Waals surface area contributed by atoms with Gasteiger partial charge in [-0.1, -0.05) is 0 Å². The number of aromatic nitrogens is 1. The van der Waals surface area contributed by atoms with Gasteiger partial charge in [0.2, 0.25) is 0 Å². The fourth-order valence-electron chi connectivity index (χ4n) is 3.25. The van der Waals surface area contributed by atoms with E-state index in [-0.39, 0.29) is 47.8 Å². The van der Waals surface area contributed by atoms with Crippen LogP contribution in [0.5, 0.6) is 0 Å². The zero-order valence-corrected chi connectivity index (χ0v) is 16.1. The van der Waals surface area contributed by atoms with Gasteiger partial charge in [-0.3, -0.25) is 0 Å². The molecule has 0 saturated heterocycles. The molecule has 1 atom stereocenters. The second-order valence-electron chi connectivity index (χ2n) is 5.67. The predicted molar refractivity (Wildman–Crippen MR) is 97.9 cm³/mol. The first-order valence-electron chi connectivity index (χ1n) is 7.36. The minimum Gasteiger partial charge on any atom is -0.147 e. The maximum Gasteiger partial charge on any atom is -0.147 e. The third-order valence-electron chi connectivity index (χ3n) is 4.39. The molecule has 2 aliphatic carbocycles. The van der Waals surface area contributed by atoms with Crippen LogP contribution in [0.1, 0.15) is 24.5 Å². The second kappa shape index (κ2) is 7.28. The first kappa shape index (κ1) is 18.4. The molecule has 0 radical (unpaired) electrons. The van der Waals surface area contributed by atoms with Crippen molar-refractivity contribution in [2.24, 2.45) is 0 Å². The Morgan fingerprint density at radius 3 is 2.43 bits per heavy atom. The van der Waals surface area contributed by atoms with Gasteiger partial charge in [-0.2, -0.15) is 0 Å². The van der Waals surface area contributed by atoms with Gasteiger partial charge in [0.25, 0.3) is 0 Å². The molecule has 0 amide bonds. The normalized spacial score (nSPS) is 20.9. The molecule has 1 unspecified atom stereocenters.